The predicted octanol–water partition coefficient (Wildman–Crippen LogP) is 6.78. The molecule has 7 nitrogen and oxygen atoms in total. The lowest BCUT2D eigenvalue weighted by molar-refractivity contribution is -0.134. The van der Waals surface area contributed by atoms with E-state index in [1.165, 1.54) is 0 Å². The van der Waals surface area contributed by atoms with Crippen LogP contribution in [0.4, 0.5) is 0 Å². The maximum atomic E-state index is 14.6. The number of methoxy groups -OCH3 is 1. The fourth-order valence-corrected chi connectivity index (χ4v) is 7.02. The van der Waals surface area contributed by atoms with Gasteiger partial charge in [-0.25, -0.2) is 9.79 Å². The molecule has 1 spiro atoms. The molecule has 222 valence electrons. The lowest BCUT2D eigenvalue weighted by Gasteiger charge is -2.47. The third-order valence-corrected chi connectivity index (χ3v) is 9.43. The minimum atomic E-state index is -0.937. The number of ether oxygens (including phenoxy) is 1. The van der Waals surface area contributed by atoms with Crippen molar-refractivity contribution < 1.29 is 19.4 Å². The number of aliphatic imine (C=N–C) groups is 1. The summed E-state index contributed by atoms with van der Waals surface area (Å²) in [5.74, 6) is 0.717. The van der Waals surface area contributed by atoms with E-state index < -0.39 is 11.6 Å². The zero-order chi connectivity index (χ0) is 29.3. The summed E-state index contributed by atoms with van der Waals surface area (Å²) in [4.78, 5) is 35.9. The molecule has 1 aromatic carbocycles. The van der Waals surface area contributed by atoms with Gasteiger partial charge in [0.25, 0.3) is 5.91 Å². The molecule has 1 aliphatic carbocycles. The molecule has 2 aliphatic heterocycles. The van der Waals surface area contributed by atoms with Gasteiger partial charge < -0.3 is 19.6 Å². The molecule has 0 bridgehead atoms. The Labute approximate surface area is 241 Å². The van der Waals surface area contributed by atoms with E-state index in [4.69, 9.17) is 9.73 Å². The average Bonchev–Trinajstić information content (AvgIpc) is 3.15. The highest BCUT2D eigenvalue weighted by molar-refractivity contribution is 6.39. The molecule has 4 rings (SSSR count). The summed E-state index contributed by atoms with van der Waals surface area (Å²) in [5.41, 5.74) is 1.02. The van der Waals surface area contributed by atoms with Gasteiger partial charge in [-0.1, -0.05) is 53.7 Å². The summed E-state index contributed by atoms with van der Waals surface area (Å²) >= 11 is 0. The average molecular weight is 554 g/mol. The van der Waals surface area contributed by atoms with Crippen LogP contribution in [-0.2, 0) is 9.53 Å². The van der Waals surface area contributed by atoms with Crippen LogP contribution >= 0.6 is 0 Å². The van der Waals surface area contributed by atoms with Gasteiger partial charge in [-0.15, -0.1) is 0 Å². The van der Waals surface area contributed by atoms with Crippen molar-refractivity contribution in [2.24, 2.45) is 27.7 Å². The Morgan fingerprint density at radius 1 is 1.10 bits per heavy atom. The lowest BCUT2D eigenvalue weighted by Crippen LogP contribution is -2.52. The second kappa shape index (κ2) is 11.8. The lowest BCUT2D eigenvalue weighted by atomic mass is 9.69. The highest BCUT2D eigenvalue weighted by atomic mass is 16.5. The number of carboxylic acid groups (broad SMARTS) is 1. The third kappa shape index (κ3) is 6.72. The standard InChI is InChI=1S/C33H51N3O4/c1-31(2,3)17-16-27(24-10-12-25(13-11-24)30(38)39)36-29(37)28(35-20-8-9-23(21-35)22-40-7)34-33(36)18-14-26(15-19-33)32(4,5)6/h10-13,23,26-27H,8-9,14-22H2,1-7H3,(H,38,39)/t23?,26?,27-,33?/m1/s1. The van der Waals surface area contributed by atoms with Gasteiger partial charge >= 0.3 is 5.97 Å². The van der Waals surface area contributed by atoms with E-state index in [1.807, 2.05) is 12.1 Å². The fraction of sp³-hybridized carbons (Fsp3) is 0.727. The minimum Gasteiger partial charge on any atom is -0.478 e. The fourth-order valence-electron chi connectivity index (χ4n) is 7.02. The number of nitrogens with zero attached hydrogens (tertiary/aromatic N) is 3. The quantitative estimate of drug-likeness (QED) is 0.402. The molecular weight excluding hydrogens is 502 g/mol. The van der Waals surface area contributed by atoms with Crippen molar-refractivity contribution >= 4 is 17.7 Å². The molecule has 2 heterocycles. The van der Waals surface area contributed by atoms with Crippen LogP contribution in [0.2, 0.25) is 0 Å². The Hall–Kier alpha value is -2.41. The molecular formula is C33H51N3O4. The van der Waals surface area contributed by atoms with Gasteiger partial charge in [-0.2, -0.15) is 0 Å². The van der Waals surface area contributed by atoms with Crippen molar-refractivity contribution in [2.75, 3.05) is 26.8 Å². The van der Waals surface area contributed by atoms with Crippen molar-refractivity contribution in [3.8, 4) is 0 Å². The smallest absolute Gasteiger partial charge is 0.335 e. The van der Waals surface area contributed by atoms with Crippen LogP contribution in [0, 0.1) is 22.7 Å². The first kappa shape index (κ1) is 30.5. The van der Waals surface area contributed by atoms with Crippen LogP contribution < -0.4 is 0 Å². The number of carboxylic acids is 1. The number of hydrogen-bond donors (Lipinski definition) is 1. The molecule has 0 radical (unpaired) electrons. The molecule has 7 heteroatoms. The maximum Gasteiger partial charge on any atom is 0.335 e. The van der Waals surface area contributed by atoms with E-state index in [2.05, 4.69) is 51.3 Å². The Balaban J connectivity index is 1.74. The van der Waals surface area contributed by atoms with Gasteiger partial charge in [-0.05, 0) is 91.7 Å². The number of carbonyl (C=O) groups excluding carboxylic acids is 1. The van der Waals surface area contributed by atoms with Crippen LogP contribution in [0.3, 0.4) is 0 Å². The first-order chi connectivity index (χ1) is 18.7. The number of amidine groups is 1. The molecule has 1 N–H and O–H groups in total. The van der Waals surface area contributed by atoms with Gasteiger partial charge in [0.2, 0.25) is 0 Å². The normalized spacial score (nSPS) is 26.8. The Morgan fingerprint density at radius 3 is 2.30 bits per heavy atom. The molecule has 1 unspecified atom stereocenters. The van der Waals surface area contributed by atoms with Gasteiger partial charge in [0.15, 0.2) is 5.84 Å². The summed E-state index contributed by atoms with van der Waals surface area (Å²) in [6.45, 7) is 16.0. The molecule has 0 aromatic heterocycles. The number of aromatic carboxylic acids is 1. The number of benzene rings is 1. The Bertz CT molecular complexity index is 1070. The summed E-state index contributed by atoms with van der Waals surface area (Å²) in [5, 5.41) is 9.51. The van der Waals surface area contributed by atoms with Gasteiger partial charge in [0, 0.05) is 20.2 Å². The summed E-state index contributed by atoms with van der Waals surface area (Å²) in [7, 11) is 1.75. The SMILES string of the molecule is COCC1CCCN(C2=NC3(CCC(C(C)(C)C)CC3)N([C@H](CCC(C)(C)C)c3ccc(C(=O)O)cc3)C2=O)C1. The van der Waals surface area contributed by atoms with Gasteiger partial charge in [0.1, 0.15) is 5.66 Å². The number of piperidine rings is 1. The Morgan fingerprint density at radius 2 is 1.75 bits per heavy atom. The predicted molar refractivity (Wildman–Crippen MR) is 159 cm³/mol. The van der Waals surface area contributed by atoms with Crippen molar-refractivity contribution in [3.05, 3.63) is 35.4 Å². The highest BCUT2D eigenvalue weighted by Gasteiger charge is 2.53. The first-order valence-corrected chi connectivity index (χ1v) is 15.2. The molecule has 2 atom stereocenters. The molecule has 1 amide bonds. The van der Waals surface area contributed by atoms with E-state index in [0.29, 0.717) is 24.3 Å². The van der Waals surface area contributed by atoms with E-state index in [-0.39, 0.29) is 28.3 Å². The Kier molecular flexibility index (Phi) is 9.03. The summed E-state index contributed by atoms with van der Waals surface area (Å²) in [6, 6.07) is 7.00. The maximum absolute atomic E-state index is 14.6. The van der Waals surface area contributed by atoms with Crippen molar-refractivity contribution in [3.63, 3.8) is 0 Å². The van der Waals surface area contributed by atoms with E-state index in [0.717, 1.165) is 70.0 Å². The number of likely N-dealkylation sites (tertiary alicyclic amines) is 1. The van der Waals surface area contributed by atoms with Crippen LogP contribution in [0.15, 0.2) is 29.3 Å². The van der Waals surface area contributed by atoms with Gasteiger partial charge in [-0.3, -0.25) is 4.79 Å². The molecule has 1 saturated carbocycles. The van der Waals surface area contributed by atoms with E-state index >= 15 is 0 Å². The summed E-state index contributed by atoms with van der Waals surface area (Å²) in [6.07, 6.45) is 7.69. The van der Waals surface area contributed by atoms with Gasteiger partial charge in [0.05, 0.1) is 18.2 Å². The van der Waals surface area contributed by atoms with Crippen molar-refractivity contribution in [1.82, 2.24) is 9.80 Å². The summed E-state index contributed by atoms with van der Waals surface area (Å²) < 4.78 is 5.48. The largest absolute Gasteiger partial charge is 0.478 e. The van der Waals surface area contributed by atoms with E-state index in [9.17, 15) is 14.7 Å². The number of hydrogen-bond acceptors (Lipinski definition) is 5. The number of rotatable bonds is 7. The van der Waals surface area contributed by atoms with E-state index in [1.54, 1.807) is 19.2 Å². The van der Waals surface area contributed by atoms with Crippen molar-refractivity contribution in [1.29, 1.82) is 0 Å². The van der Waals surface area contributed by atoms with Crippen LogP contribution in [0.1, 0.15) is 115 Å². The van der Waals surface area contributed by atoms with Crippen LogP contribution in [0.25, 0.3) is 0 Å². The van der Waals surface area contributed by atoms with Crippen LogP contribution in [-0.4, -0.2) is 65.1 Å². The monoisotopic (exact) mass is 553 g/mol. The molecule has 40 heavy (non-hydrogen) atoms. The van der Waals surface area contributed by atoms with Crippen molar-refractivity contribution in [2.45, 2.75) is 105 Å². The molecule has 3 aliphatic rings. The second-order valence-electron chi connectivity index (χ2n) is 14.7. The molecule has 1 aromatic rings. The topological polar surface area (TPSA) is 82.4 Å². The number of carbonyl (C=O) groups is 2. The zero-order valence-corrected chi connectivity index (χ0v) is 25.8. The number of amides is 1. The highest BCUT2D eigenvalue weighted by Crippen LogP contribution is 2.50. The minimum absolute atomic E-state index is 0.0356. The van der Waals surface area contributed by atoms with Crippen LogP contribution in [0.5, 0.6) is 0 Å². The first-order valence-electron chi connectivity index (χ1n) is 15.2. The zero-order valence-electron chi connectivity index (χ0n) is 25.8. The molecule has 2 fully saturated rings. The second-order valence-corrected chi connectivity index (χ2v) is 14.7. The third-order valence-electron chi connectivity index (χ3n) is 9.43. The molecule has 1 saturated heterocycles.